The van der Waals surface area contributed by atoms with E-state index in [1.54, 1.807) is 0 Å². The van der Waals surface area contributed by atoms with Crippen LogP contribution in [0.5, 0.6) is 5.75 Å². The lowest BCUT2D eigenvalue weighted by molar-refractivity contribution is -0.170. The first-order chi connectivity index (χ1) is 10.1. The van der Waals surface area contributed by atoms with Gasteiger partial charge in [0.2, 0.25) is 0 Å². The summed E-state index contributed by atoms with van der Waals surface area (Å²) in [7, 11) is 0. The Bertz CT molecular complexity index is 537. The van der Waals surface area contributed by atoms with Gasteiger partial charge in [-0.3, -0.25) is 0 Å². The molecule has 7 heteroatoms. The molecule has 1 aromatic rings. The Morgan fingerprint density at radius 2 is 1.73 bits per heavy atom. The van der Waals surface area contributed by atoms with E-state index in [-0.39, 0.29) is 11.2 Å². The Labute approximate surface area is 126 Å². The van der Waals surface area contributed by atoms with Crippen LogP contribution in [0, 0.1) is 0 Å². The molecule has 1 aromatic carbocycles. The number of carbonyl (C=O) groups excluding carboxylic acids is 1. The maximum atomic E-state index is 12.8. The summed E-state index contributed by atoms with van der Waals surface area (Å²) in [5.41, 5.74) is -0.339. The summed E-state index contributed by atoms with van der Waals surface area (Å²) in [4.78, 5) is 21.8. The molecule has 5 nitrogen and oxygen atoms in total. The Morgan fingerprint density at radius 3 is 2.18 bits per heavy atom. The average Bonchev–Trinajstić information content (AvgIpc) is 2.45. The lowest BCUT2D eigenvalue weighted by atomic mass is 10.1. The van der Waals surface area contributed by atoms with Crippen LogP contribution < -0.4 is 4.74 Å². The molecule has 1 rings (SSSR count). The molecule has 0 aliphatic carbocycles. The van der Waals surface area contributed by atoms with Crippen LogP contribution in [0.25, 0.3) is 0 Å². The SMILES string of the molecule is CCC(C)(C)Oc1ccc(C(=O)OCC(F)(F)C(=O)O)cc1. The summed E-state index contributed by atoms with van der Waals surface area (Å²) in [5.74, 6) is -6.95. The quantitative estimate of drug-likeness (QED) is 0.782. The van der Waals surface area contributed by atoms with Crippen LogP contribution in [-0.4, -0.2) is 35.2 Å². The molecular weight excluding hydrogens is 298 g/mol. The Hall–Kier alpha value is -2.18. The number of carboxylic acid groups (broad SMARTS) is 1. The standard InChI is InChI=1S/C15H18F2O5/c1-4-14(2,3)22-11-7-5-10(6-8-11)12(18)21-9-15(16,17)13(19)20/h5-8H,4,9H2,1-3H3,(H,19,20). The van der Waals surface area contributed by atoms with Gasteiger partial charge in [0.1, 0.15) is 11.4 Å². The zero-order valence-electron chi connectivity index (χ0n) is 12.6. The maximum Gasteiger partial charge on any atom is 0.378 e. The zero-order valence-corrected chi connectivity index (χ0v) is 12.6. The van der Waals surface area contributed by atoms with E-state index in [1.807, 2.05) is 20.8 Å². The van der Waals surface area contributed by atoms with Gasteiger partial charge < -0.3 is 14.6 Å². The van der Waals surface area contributed by atoms with Crippen molar-refractivity contribution < 1.29 is 33.0 Å². The number of esters is 1. The minimum Gasteiger partial charge on any atom is -0.488 e. The summed E-state index contributed by atoms with van der Waals surface area (Å²) in [5, 5.41) is 8.23. The fourth-order valence-electron chi connectivity index (χ4n) is 1.35. The highest BCUT2D eigenvalue weighted by molar-refractivity contribution is 5.89. The van der Waals surface area contributed by atoms with Crippen molar-refractivity contribution in [3.05, 3.63) is 29.8 Å². The number of rotatable bonds is 7. The van der Waals surface area contributed by atoms with Crippen molar-refractivity contribution in [3.8, 4) is 5.75 Å². The molecule has 0 unspecified atom stereocenters. The number of carbonyl (C=O) groups is 2. The van der Waals surface area contributed by atoms with E-state index in [4.69, 9.17) is 9.84 Å². The summed E-state index contributed by atoms with van der Waals surface area (Å²) in [6, 6.07) is 5.76. The minimum absolute atomic E-state index is 0.0304. The molecular formula is C15H18F2O5. The van der Waals surface area contributed by atoms with Crippen molar-refractivity contribution in [1.82, 2.24) is 0 Å². The van der Waals surface area contributed by atoms with E-state index in [0.717, 1.165) is 6.42 Å². The normalized spacial score (nSPS) is 11.9. The molecule has 0 aromatic heterocycles. The molecule has 0 heterocycles. The molecule has 0 saturated heterocycles. The van der Waals surface area contributed by atoms with Gasteiger partial charge in [-0.2, -0.15) is 8.78 Å². The van der Waals surface area contributed by atoms with Crippen molar-refractivity contribution in [2.75, 3.05) is 6.61 Å². The fourth-order valence-corrected chi connectivity index (χ4v) is 1.35. The van der Waals surface area contributed by atoms with Gasteiger partial charge in [-0.15, -0.1) is 0 Å². The largest absolute Gasteiger partial charge is 0.488 e. The first-order valence-corrected chi connectivity index (χ1v) is 6.65. The van der Waals surface area contributed by atoms with E-state index in [0.29, 0.717) is 5.75 Å². The molecule has 1 N–H and O–H groups in total. The predicted octanol–water partition coefficient (Wildman–Crippen LogP) is 3.13. The van der Waals surface area contributed by atoms with Crippen LogP contribution in [0.3, 0.4) is 0 Å². The number of halogens is 2. The van der Waals surface area contributed by atoms with E-state index < -0.39 is 24.5 Å². The van der Waals surface area contributed by atoms with Gasteiger partial charge in [-0.1, -0.05) is 6.92 Å². The highest BCUT2D eigenvalue weighted by atomic mass is 19.3. The van der Waals surface area contributed by atoms with Crippen molar-refractivity contribution in [1.29, 1.82) is 0 Å². The van der Waals surface area contributed by atoms with Crippen LogP contribution >= 0.6 is 0 Å². The van der Waals surface area contributed by atoms with Crippen LogP contribution in [0.15, 0.2) is 24.3 Å². The first-order valence-electron chi connectivity index (χ1n) is 6.65. The van der Waals surface area contributed by atoms with Gasteiger partial charge in [0.25, 0.3) is 0 Å². The second-order valence-electron chi connectivity index (χ2n) is 5.33. The number of carboxylic acids is 1. The summed E-state index contributed by atoms with van der Waals surface area (Å²) >= 11 is 0. The van der Waals surface area contributed by atoms with Gasteiger partial charge in [0.15, 0.2) is 6.61 Å². The van der Waals surface area contributed by atoms with E-state index in [1.165, 1.54) is 24.3 Å². The Kier molecular flexibility index (Phi) is 5.46. The molecule has 0 aliphatic heterocycles. The number of alkyl halides is 2. The molecule has 0 aliphatic rings. The molecule has 22 heavy (non-hydrogen) atoms. The lowest BCUT2D eigenvalue weighted by Gasteiger charge is -2.24. The third-order valence-electron chi connectivity index (χ3n) is 3.03. The monoisotopic (exact) mass is 316 g/mol. The third kappa shape index (κ3) is 4.98. The molecule has 0 fully saturated rings. The van der Waals surface area contributed by atoms with Gasteiger partial charge in [-0.05, 0) is 44.5 Å². The Balaban J connectivity index is 2.67. The van der Waals surface area contributed by atoms with Crippen molar-refractivity contribution in [3.63, 3.8) is 0 Å². The smallest absolute Gasteiger partial charge is 0.378 e. The number of hydrogen-bond donors (Lipinski definition) is 1. The summed E-state index contributed by atoms with van der Waals surface area (Å²) in [6.45, 7) is 4.27. The zero-order chi connectivity index (χ0) is 17.0. The molecule has 122 valence electrons. The average molecular weight is 316 g/mol. The van der Waals surface area contributed by atoms with Gasteiger partial charge in [-0.25, -0.2) is 9.59 Å². The lowest BCUT2D eigenvalue weighted by Crippen LogP contribution is -2.34. The minimum atomic E-state index is -4.11. The van der Waals surface area contributed by atoms with E-state index in [2.05, 4.69) is 4.74 Å². The third-order valence-corrected chi connectivity index (χ3v) is 3.03. The maximum absolute atomic E-state index is 12.8. The highest BCUT2D eigenvalue weighted by Crippen LogP contribution is 2.22. The van der Waals surface area contributed by atoms with Gasteiger partial charge >= 0.3 is 17.9 Å². The molecule has 0 atom stereocenters. The fraction of sp³-hybridized carbons (Fsp3) is 0.467. The summed E-state index contributed by atoms with van der Waals surface area (Å²) in [6.07, 6.45) is 0.779. The molecule has 0 radical (unpaired) electrons. The number of ether oxygens (including phenoxy) is 2. The van der Waals surface area contributed by atoms with Crippen molar-refractivity contribution >= 4 is 11.9 Å². The molecule has 0 saturated carbocycles. The topological polar surface area (TPSA) is 72.8 Å². The molecule has 0 bridgehead atoms. The van der Waals surface area contributed by atoms with Crippen molar-refractivity contribution in [2.45, 2.75) is 38.7 Å². The highest BCUT2D eigenvalue weighted by Gasteiger charge is 2.40. The number of hydrogen-bond acceptors (Lipinski definition) is 4. The van der Waals surface area contributed by atoms with Crippen LogP contribution in [0.2, 0.25) is 0 Å². The second-order valence-corrected chi connectivity index (χ2v) is 5.33. The molecule has 0 amide bonds. The van der Waals surface area contributed by atoms with E-state index in [9.17, 15) is 18.4 Å². The second kappa shape index (κ2) is 6.72. The first kappa shape index (κ1) is 17.9. The van der Waals surface area contributed by atoms with Gasteiger partial charge in [0.05, 0.1) is 5.56 Å². The van der Waals surface area contributed by atoms with Crippen LogP contribution in [0.1, 0.15) is 37.6 Å². The van der Waals surface area contributed by atoms with Gasteiger partial charge in [0, 0.05) is 0 Å². The van der Waals surface area contributed by atoms with E-state index >= 15 is 0 Å². The van der Waals surface area contributed by atoms with Crippen LogP contribution in [0.4, 0.5) is 8.78 Å². The predicted molar refractivity (Wildman–Crippen MR) is 74.3 cm³/mol. The number of benzene rings is 1. The van der Waals surface area contributed by atoms with Crippen molar-refractivity contribution in [2.24, 2.45) is 0 Å². The summed E-state index contributed by atoms with van der Waals surface area (Å²) < 4.78 is 35.6. The Morgan fingerprint density at radius 1 is 1.18 bits per heavy atom. The molecule has 0 spiro atoms. The van der Waals surface area contributed by atoms with Crippen LogP contribution in [-0.2, 0) is 9.53 Å². The number of aliphatic carboxylic acids is 1.